The lowest BCUT2D eigenvalue weighted by atomic mass is 10.2. The molecule has 1 rings (SSSR count). The van der Waals surface area contributed by atoms with Gasteiger partial charge in [-0.2, -0.15) is 5.26 Å². The van der Waals surface area contributed by atoms with Gasteiger partial charge in [-0.25, -0.2) is 4.39 Å². The summed E-state index contributed by atoms with van der Waals surface area (Å²) in [4.78, 5) is 0. The van der Waals surface area contributed by atoms with Crippen molar-refractivity contribution in [2.75, 3.05) is 0 Å². The van der Waals surface area contributed by atoms with E-state index in [0.717, 1.165) is 5.56 Å². The summed E-state index contributed by atoms with van der Waals surface area (Å²) in [6.07, 6.45) is -0.640. The monoisotopic (exact) mass is 257 g/mol. The Bertz CT molecular complexity index is 362. The summed E-state index contributed by atoms with van der Waals surface area (Å²) in [5.41, 5.74) is 0.833. The number of halogens is 2. The molecule has 0 bridgehead atoms. The van der Waals surface area contributed by atoms with Crippen molar-refractivity contribution in [1.29, 1.82) is 5.26 Å². The van der Waals surface area contributed by atoms with E-state index in [1.807, 2.05) is 6.07 Å². The second kappa shape index (κ2) is 4.97. The Hall–Kier alpha value is -1.08. The summed E-state index contributed by atoms with van der Waals surface area (Å²) in [5.74, 6) is -0.326. The predicted octanol–water partition coefficient (Wildman–Crippen LogP) is 3.01. The highest BCUT2D eigenvalue weighted by molar-refractivity contribution is 9.08. The lowest BCUT2D eigenvalue weighted by Gasteiger charge is -2.08. The van der Waals surface area contributed by atoms with Gasteiger partial charge in [0.25, 0.3) is 0 Å². The number of alkyl halides is 1. The average molecular weight is 258 g/mol. The summed E-state index contributed by atoms with van der Waals surface area (Å²) in [5, 5.41) is 9.08. The number of hydrogen-bond donors (Lipinski definition) is 0. The molecule has 0 fully saturated rings. The van der Waals surface area contributed by atoms with Crippen LogP contribution in [-0.4, -0.2) is 6.10 Å². The number of benzene rings is 1. The van der Waals surface area contributed by atoms with Gasteiger partial charge in [0.05, 0.1) is 0 Å². The van der Waals surface area contributed by atoms with E-state index in [-0.39, 0.29) is 5.75 Å². The van der Waals surface area contributed by atoms with Gasteiger partial charge in [-0.1, -0.05) is 22.0 Å². The van der Waals surface area contributed by atoms with Crippen molar-refractivity contribution in [1.82, 2.24) is 0 Å². The predicted molar refractivity (Wildman–Crippen MR) is 54.7 cm³/mol. The lowest BCUT2D eigenvalue weighted by Crippen LogP contribution is -2.09. The zero-order valence-electron chi connectivity index (χ0n) is 7.63. The van der Waals surface area contributed by atoms with E-state index in [2.05, 4.69) is 15.9 Å². The van der Waals surface area contributed by atoms with Crippen LogP contribution in [0.3, 0.4) is 0 Å². The number of nitrogens with zero attached hydrogens (tertiary/aromatic N) is 1. The molecule has 74 valence electrons. The maximum absolute atomic E-state index is 13.3. The molecular weight excluding hydrogens is 249 g/mol. The molecule has 0 radical (unpaired) electrons. The summed E-state index contributed by atoms with van der Waals surface area (Å²) in [6, 6.07) is 6.53. The van der Waals surface area contributed by atoms with E-state index in [0.29, 0.717) is 5.33 Å². The van der Waals surface area contributed by atoms with Crippen LogP contribution in [0.4, 0.5) is 4.39 Å². The highest BCUT2D eigenvalue weighted by atomic mass is 79.9. The third-order valence-corrected chi connectivity index (χ3v) is 2.28. The molecule has 0 aliphatic heterocycles. The zero-order valence-corrected chi connectivity index (χ0v) is 9.21. The van der Waals surface area contributed by atoms with E-state index in [4.69, 9.17) is 10.00 Å². The molecule has 0 aromatic heterocycles. The average Bonchev–Trinajstić information content (AvgIpc) is 2.20. The van der Waals surface area contributed by atoms with Crippen LogP contribution in [0.15, 0.2) is 18.2 Å². The molecule has 14 heavy (non-hydrogen) atoms. The molecule has 1 aromatic rings. The summed E-state index contributed by atoms with van der Waals surface area (Å²) in [6.45, 7) is 1.57. The molecule has 0 saturated heterocycles. The van der Waals surface area contributed by atoms with Crippen LogP contribution in [-0.2, 0) is 5.33 Å². The van der Waals surface area contributed by atoms with Gasteiger partial charge >= 0.3 is 0 Å². The maximum atomic E-state index is 13.3. The first-order valence-electron chi connectivity index (χ1n) is 4.08. The second-order valence-electron chi connectivity index (χ2n) is 2.79. The van der Waals surface area contributed by atoms with Gasteiger partial charge in [0.15, 0.2) is 17.7 Å². The van der Waals surface area contributed by atoms with Crippen LogP contribution in [0.1, 0.15) is 12.5 Å². The van der Waals surface area contributed by atoms with Gasteiger partial charge in [0.1, 0.15) is 6.07 Å². The summed E-state index contributed by atoms with van der Waals surface area (Å²) in [7, 11) is 0. The van der Waals surface area contributed by atoms with Gasteiger partial charge < -0.3 is 4.74 Å². The minimum Gasteiger partial charge on any atom is -0.473 e. The number of rotatable bonds is 3. The molecule has 1 unspecified atom stereocenters. The molecule has 0 spiro atoms. The Morgan fingerprint density at radius 3 is 2.86 bits per heavy atom. The molecule has 0 heterocycles. The minimum atomic E-state index is -0.640. The largest absolute Gasteiger partial charge is 0.473 e. The highest BCUT2D eigenvalue weighted by Gasteiger charge is 2.07. The zero-order chi connectivity index (χ0) is 10.6. The third-order valence-electron chi connectivity index (χ3n) is 1.64. The standard InChI is InChI=1S/C10H9BrFNO/c1-7(6-13)14-10-3-2-8(5-11)4-9(10)12/h2-4,7H,5H2,1H3. The molecule has 0 aliphatic rings. The number of hydrogen-bond acceptors (Lipinski definition) is 2. The number of ether oxygens (including phenoxy) is 1. The number of nitriles is 1. The van der Waals surface area contributed by atoms with Crippen LogP contribution in [0.25, 0.3) is 0 Å². The topological polar surface area (TPSA) is 33.0 Å². The van der Waals surface area contributed by atoms with Crippen LogP contribution in [0.5, 0.6) is 5.75 Å². The Morgan fingerprint density at radius 1 is 1.64 bits per heavy atom. The first kappa shape index (κ1) is 11.0. The van der Waals surface area contributed by atoms with Crippen molar-refractivity contribution in [3.05, 3.63) is 29.6 Å². The Balaban J connectivity index is 2.85. The van der Waals surface area contributed by atoms with E-state index in [1.165, 1.54) is 12.1 Å². The Labute approximate surface area is 90.4 Å². The van der Waals surface area contributed by atoms with Crippen molar-refractivity contribution in [2.45, 2.75) is 18.4 Å². The lowest BCUT2D eigenvalue weighted by molar-refractivity contribution is 0.263. The molecule has 0 saturated carbocycles. The molecule has 0 aliphatic carbocycles. The van der Waals surface area contributed by atoms with E-state index < -0.39 is 11.9 Å². The van der Waals surface area contributed by atoms with Gasteiger partial charge in [-0.05, 0) is 24.6 Å². The van der Waals surface area contributed by atoms with Crippen molar-refractivity contribution in [2.24, 2.45) is 0 Å². The Kier molecular flexibility index (Phi) is 3.90. The normalized spacial score (nSPS) is 11.9. The smallest absolute Gasteiger partial charge is 0.181 e. The fourth-order valence-corrected chi connectivity index (χ4v) is 1.29. The van der Waals surface area contributed by atoms with Crippen LogP contribution >= 0.6 is 15.9 Å². The molecule has 0 N–H and O–H groups in total. The van der Waals surface area contributed by atoms with E-state index in [9.17, 15) is 4.39 Å². The molecule has 0 amide bonds. The van der Waals surface area contributed by atoms with Gasteiger partial charge in [-0.15, -0.1) is 0 Å². The molecule has 2 nitrogen and oxygen atoms in total. The minimum absolute atomic E-state index is 0.115. The molecule has 1 atom stereocenters. The molecular formula is C10H9BrFNO. The van der Waals surface area contributed by atoms with Crippen LogP contribution in [0, 0.1) is 17.1 Å². The second-order valence-corrected chi connectivity index (χ2v) is 3.35. The fourth-order valence-electron chi connectivity index (χ4n) is 0.940. The maximum Gasteiger partial charge on any atom is 0.181 e. The fraction of sp³-hybridized carbons (Fsp3) is 0.300. The van der Waals surface area contributed by atoms with E-state index >= 15 is 0 Å². The summed E-state index contributed by atoms with van der Waals surface area (Å²) < 4.78 is 18.3. The first-order chi connectivity index (χ1) is 6.67. The molecule has 4 heteroatoms. The van der Waals surface area contributed by atoms with Gasteiger partial charge in [0.2, 0.25) is 0 Å². The first-order valence-corrected chi connectivity index (χ1v) is 5.20. The van der Waals surface area contributed by atoms with Gasteiger partial charge in [0, 0.05) is 5.33 Å². The summed E-state index contributed by atoms with van der Waals surface area (Å²) >= 11 is 3.22. The van der Waals surface area contributed by atoms with E-state index in [1.54, 1.807) is 13.0 Å². The quantitative estimate of drug-likeness (QED) is 0.781. The highest BCUT2D eigenvalue weighted by Crippen LogP contribution is 2.20. The van der Waals surface area contributed by atoms with Crippen LogP contribution < -0.4 is 4.74 Å². The SMILES string of the molecule is CC(C#N)Oc1ccc(CBr)cc1F. The molecule has 1 aromatic carbocycles. The van der Waals surface area contributed by atoms with Crippen LogP contribution in [0.2, 0.25) is 0 Å². The van der Waals surface area contributed by atoms with Gasteiger partial charge in [-0.3, -0.25) is 0 Å². The van der Waals surface area contributed by atoms with Crippen molar-refractivity contribution >= 4 is 15.9 Å². The Morgan fingerprint density at radius 2 is 2.36 bits per heavy atom. The van der Waals surface area contributed by atoms with Crippen molar-refractivity contribution in [3.8, 4) is 11.8 Å². The van der Waals surface area contributed by atoms with Crippen molar-refractivity contribution in [3.63, 3.8) is 0 Å². The third kappa shape index (κ3) is 2.71. The van der Waals surface area contributed by atoms with Crippen molar-refractivity contribution < 1.29 is 9.13 Å².